The molecule has 5 heteroatoms. The number of benzene rings is 3. The Labute approximate surface area is 178 Å². The average Bonchev–Trinajstić information content (AvgIpc) is 2.79. The first kappa shape index (κ1) is 23.1. The van der Waals surface area contributed by atoms with E-state index in [1.54, 1.807) is 18.2 Å². The molecule has 3 aromatic rings. The van der Waals surface area contributed by atoms with Crippen molar-refractivity contribution in [3.05, 3.63) is 102 Å². The smallest absolute Gasteiger partial charge is 0.125 e. The lowest BCUT2D eigenvalue weighted by Crippen LogP contribution is -2.29. The molecule has 0 bridgehead atoms. The second-order valence-corrected chi connectivity index (χ2v) is 6.81. The number of aryl methyl sites for hydroxylation is 1. The van der Waals surface area contributed by atoms with Crippen LogP contribution in [0.3, 0.4) is 0 Å². The third-order valence-electron chi connectivity index (χ3n) is 4.53. The minimum Gasteiger partial charge on any atom is -0.547 e. The molecular formula is C25H28NO4-. The molecule has 0 aromatic heterocycles. The first-order chi connectivity index (χ1) is 14.5. The fourth-order valence-corrected chi connectivity index (χ4v) is 2.85. The van der Waals surface area contributed by atoms with Crippen LogP contribution < -0.4 is 15.2 Å². The summed E-state index contributed by atoms with van der Waals surface area (Å²) in [5.41, 5.74) is 2.74. The van der Waals surface area contributed by atoms with Crippen LogP contribution in [0, 0.1) is 6.92 Å². The van der Waals surface area contributed by atoms with E-state index in [1.165, 1.54) is 23.3 Å². The van der Waals surface area contributed by atoms with Crippen LogP contribution in [0.2, 0.25) is 0 Å². The summed E-state index contributed by atoms with van der Waals surface area (Å²) in [4.78, 5) is 10.1. The molecule has 0 saturated heterocycles. The van der Waals surface area contributed by atoms with E-state index in [-0.39, 0.29) is 6.10 Å². The van der Waals surface area contributed by atoms with Crippen molar-refractivity contribution in [2.24, 2.45) is 0 Å². The van der Waals surface area contributed by atoms with Crippen LogP contribution in [-0.4, -0.2) is 24.7 Å². The highest BCUT2D eigenvalue weighted by molar-refractivity contribution is 5.71. The summed E-state index contributed by atoms with van der Waals surface area (Å²) in [7, 11) is 1.97. The van der Waals surface area contributed by atoms with Gasteiger partial charge >= 0.3 is 0 Å². The molecule has 158 valence electrons. The van der Waals surface area contributed by atoms with E-state index < -0.39 is 12.1 Å². The number of aliphatic hydroxyl groups is 1. The monoisotopic (exact) mass is 406 g/mol. The van der Waals surface area contributed by atoms with E-state index >= 15 is 0 Å². The largest absolute Gasteiger partial charge is 0.547 e. The van der Waals surface area contributed by atoms with Gasteiger partial charge in [0.2, 0.25) is 0 Å². The van der Waals surface area contributed by atoms with Crippen molar-refractivity contribution < 1.29 is 19.7 Å². The maximum atomic E-state index is 10.1. The summed E-state index contributed by atoms with van der Waals surface area (Å²) in [6.45, 7) is 3.01. The zero-order valence-corrected chi connectivity index (χ0v) is 17.3. The molecule has 2 atom stereocenters. The van der Waals surface area contributed by atoms with Gasteiger partial charge in [0.15, 0.2) is 0 Å². The number of para-hydroxylation sites is 1. The Balaban J connectivity index is 0.000000248. The maximum absolute atomic E-state index is 10.1. The van der Waals surface area contributed by atoms with Gasteiger partial charge in [-0.1, -0.05) is 78.9 Å². The van der Waals surface area contributed by atoms with Gasteiger partial charge in [0.25, 0.3) is 0 Å². The Kier molecular flexibility index (Phi) is 9.58. The van der Waals surface area contributed by atoms with Gasteiger partial charge < -0.3 is 25.1 Å². The van der Waals surface area contributed by atoms with E-state index in [0.717, 1.165) is 18.7 Å². The summed E-state index contributed by atoms with van der Waals surface area (Å²) in [5.74, 6) is -0.511. The molecule has 0 aliphatic carbocycles. The average molecular weight is 407 g/mol. The molecule has 0 amide bonds. The van der Waals surface area contributed by atoms with Gasteiger partial charge in [-0.2, -0.15) is 0 Å². The molecular weight excluding hydrogens is 378 g/mol. The Morgan fingerprint density at radius 3 is 2.00 bits per heavy atom. The molecule has 0 heterocycles. The van der Waals surface area contributed by atoms with Gasteiger partial charge in [0, 0.05) is 6.42 Å². The van der Waals surface area contributed by atoms with Crippen LogP contribution >= 0.6 is 0 Å². The van der Waals surface area contributed by atoms with Gasteiger partial charge in [-0.25, -0.2) is 0 Å². The van der Waals surface area contributed by atoms with E-state index in [0.29, 0.717) is 5.56 Å². The van der Waals surface area contributed by atoms with Gasteiger partial charge in [0.1, 0.15) is 18.0 Å². The zero-order valence-electron chi connectivity index (χ0n) is 17.3. The standard InChI is InChI=1S/C17H21NO.C8H8O3/c1-14-8-6-7-11-16(14)19-17(12-13-18-2)15-9-4-3-5-10-15;9-7(8(10)11)6-4-2-1-3-5-6/h3-11,17-18H,12-13H2,1-2H3;1-5,7,9H,(H,10,11)/p-1/t17-;7-/m10/s1. The van der Waals surface area contributed by atoms with E-state index in [2.05, 4.69) is 42.6 Å². The quantitative estimate of drug-likeness (QED) is 0.600. The fourth-order valence-electron chi connectivity index (χ4n) is 2.85. The van der Waals surface area contributed by atoms with E-state index in [4.69, 9.17) is 9.84 Å². The number of hydrogen-bond donors (Lipinski definition) is 2. The second-order valence-electron chi connectivity index (χ2n) is 6.81. The lowest BCUT2D eigenvalue weighted by Gasteiger charge is -2.20. The number of rotatable bonds is 8. The fraction of sp³-hybridized carbons (Fsp3) is 0.240. The number of carboxylic acid groups (broad SMARTS) is 1. The first-order valence-electron chi connectivity index (χ1n) is 9.88. The molecule has 0 fully saturated rings. The van der Waals surface area contributed by atoms with Gasteiger partial charge in [-0.05, 0) is 43.3 Å². The van der Waals surface area contributed by atoms with Gasteiger partial charge in [-0.3, -0.25) is 0 Å². The van der Waals surface area contributed by atoms with Crippen molar-refractivity contribution >= 4 is 5.97 Å². The topological polar surface area (TPSA) is 81.6 Å². The predicted molar refractivity (Wildman–Crippen MR) is 116 cm³/mol. The zero-order chi connectivity index (χ0) is 21.8. The lowest BCUT2D eigenvalue weighted by molar-refractivity contribution is -0.315. The van der Waals surface area contributed by atoms with Crippen molar-refractivity contribution in [1.29, 1.82) is 0 Å². The molecule has 0 radical (unpaired) electrons. The van der Waals surface area contributed by atoms with Gasteiger partial charge in [0.05, 0.1) is 5.97 Å². The molecule has 30 heavy (non-hydrogen) atoms. The molecule has 2 N–H and O–H groups in total. The number of nitrogens with one attached hydrogen (secondary N) is 1. The first-order valence-corrected chi connectivity index (χ1v) is 9.88. The number of carbonyl (C=O) groups excluding carboxylic acids is 1. The number of hydrogen-bond acceptors (Lipinski definition) is 5. The number of aliphatic hydroxyl groups excluding tert-OH is 1. The SMILES string of the molecule is CNCC[C@@H](Oc1ccccc1C)c1ccccc1.O=C([O-])[C@@H](O)c1ccccc1. The maximum Gasteiger partial charge on any atom is 0.125 e. The van der Waals surface area contributed by atoms with Crippen LogP contribution in [0.4, 0.5) is 0 Å². The Morgan fingerprint density at radius 2 is 1.47 bits per heavy atom. The Bertz CT molecular complexity index is 884. The van der Waals surface area contributed by atoms with Crippen LogP contribution in [-0.2, 0) is 4.79 Å². The van der Waals surface area contributed by atoms with E-state index in [1.807, 2.05) is 31.3 Å². The van der Waals surface area contributed by atoms with Gasteiger partial charge in [-0.15, -0.1) is 0 Å². The molecule has 3 aromatic carbocycles. The molecule has 0 aliphatic heterocycles. The third kappa shape index (κ3) is 7.35. The minimum atomic E-state index is -1.52. The van der Waals surface area contributed by atoms with Crippen LogP contribution in [0.25, 0.3) is 0 Å². The molecule has 0 aliphatic rings. The van der Waals surface area contributed by atoms with Crippen LogP contribution in [0.1, 0.15) is 35.3 Å². The number of aliphatic carboxylic acids is 1. The van der Waals surface area contributed by atoms with Crippen molar-refractivity contribution in [3.8, 4) is 5.75 Å². The minimum absolute atomic E-state index is 0.0924. The summed E-state index contributed by atoms with van der Waals surface area (Å²) in [5, 5.41) is 22.3. The third-order valence-corrected chi connectivity index (χ3v) is 4.53. The summed E-state index contributed by atoms with van der Waals surface area (Å²) >= 11 is 0. The number of ether oxygens (including phenoxy) is 1. The highest BCUT2D eigenvalue weighted by Gasteiger charge is 2.13. The van der Waals surface area contributed by atoms with Crippen LogP contribution in [0.15, 0.2) is 84.9 Å². The summed E-state index contributed by atoms with van der Waals surface area (Å²) < 4.78 is 6.19. The van der Waals surface area contributed by atoms with Crippen molar-refractivity contribution in [1.82, 2.24) is 5.32 Å². The van der Waals surface area contributed by atoms with Crippen molar-refractivity contribution in [3.63, 3.8) is 0 Å². The molecule has 0 saturated carbocycles. The predicted octanol–water partition coefficient (Wildman–Crippen LogP) is 3.19. The normalized spacial score (nSPS) is 12.2. The molecule has 0 spiro atoms. The second kappa shape index (κ2) is 12.4. The summed E-state index contributed by atoms with van der Waals surface area (Å²) in [6.07, 6.45) is -0.472. The lowest BCUT2D eigenvalue weighted by atomic mass is 10.1. The summed E-state index contributed by atoms with van der Waals surface area (Å²) in [6, 6.07) is 26.7. The number of carboxylic acids is 1. The van der Waals surface area contributed by atoms with E-state index in [9.17, 15) is 9.90 Å². The van der Waals surface area contributed by atoms with Crippen molar-refractivity contribution in [2.45, 2.75) is 25.6 Å². The molecule has 0 unspecified atom stereocenters. The Morgan fingerprint density at radius 1 is 0.933 bits per heavy atom. The highest BCUT2D eigenvalue weighted by Crippen LogP contribution is 2.26. The number of carbonyl (C=O) groups is 1. The molecule has 3 rings (SSSR count). The van der Waals surface area contributed by atoms with Crippen LogP contribution in [0.5, 0.6) is 5.75 Å². The molecule has 5 nitrogen and oxygen atoms in total. The highest BCUT2D eigenvalue weighted by atomic mass is 16.5. The Hall–Kier alpha value is -3.15. The van der Waals surface area contributed by atoms with Crippen molar-refractivity contribution in [2.75, 3.05) is 13.6 Å².